The van der Waals surface area contributed by atoms with E-state index >= 15 is 0 Å². The molecule has 1 aliphatic rings. The van der Waals surface area contributed by atoms with E-state index in [9.17, 15) is 4.39 Å². The summed E-state index contributed by atoms with van der Waals surface area (Å²) in [5.74, 6) is -0.267. The molecule has 0 spiro atoms. The molecule has 0 unspecified atom stereocenters. The Morgan fingerprint density at radius 2 is 1.87 bits per heavy atom. The number of likely N-dealkylation sites (tertiary alicyclic amines) is 1. The van der Waals surface area contributed by atoms with Crippen LogP contribution >= 0.6 is 0 Å². The lowest BCUT2D eigenvalue weighted by atomic mass is 10.1. The summed E-state index contributed by atoms with van der Waals surface area (Å²) in [4.78, 5) is 11.4. The fourth-order valence-electron chi connectivity index (χ4n) is 3.87. The maximum Gasteiger partial charge on any atom is 0.123 e. The molecule has 3 aromatic heterocycles. The number of rotatable bonds is 6. The van der Waals surface area contributed by atoms with Crippen molar-refractivity contribution in [1.29, 1.82) is 0 Å². The van der Waals surface area contributed by atoms with Gasteiger partial charge in [-0.15, -0.1) is 0 Å². The van der Waals surface area contributed by atoms with Crippen LogP contribution < -0.4 is 5.73 Å². The van der Waals surface area contributed by atoms with Gasteiger partial charge in [0.15, 0.2) is 0 Å². The van der Waals surface area contributed by atoms with Crippen molar-refractivity contribution in [3.05, 3.63) is 78.8 Å². The van der Waals surface area contributed by atoms with Gasteiger partial charge in [0.2, 0.25) is 0 Å². The topological polar surface area (TPSA) is 77.8 Å². The van der Waals surface area contributed by atoms with E-state index in [2.05, 4.69) is 24.5 Å². The largest absolute Gasteiger partial charge is 0.323 e. The summed E-state index contributed by atoms with van der Waals surface area (Å²) >= 11 is 0. The van der Waals surface area contributed by atoms with Crippen molar-refractivity contribution in [3.8, 4) is 22.6 Å². The first kappa shape index (κ1) is 18.7. The maximum absolute atomic E-state index is 13.4. The van der Waals surface area contributed by atoms with Crippen LogP contribution in [0.4, 0.5) is 4.39 Å². The maximum atomic E-state index is 13.4. The molecule has 5 rings (SSSR count). The Bertz CT molecular complexity index is 1130. The summed E-state index contributed by atoms with van der Waals surface area (Å²) in [5.41, 5.74) is 10.2. The predicted molar refractivity (Wildman–Crippen MR) is 112 cm³/mol. The van der Waals surface area contributed by atoms with E-state index in [4.69, 9.17) is 5.73 Å². The smallest absolute Gasteiger partial charge is 0.123 e. The zero-order valence-electron chi connectivity index (χ0n) is 16.4. The van der Waals surface area contributed by atoms with Crippen LogP contribution in [-0.2, 0) is 13.2 Å². The Morgan fingerprint density at radius 1 is 1.03 bits per heavy atom. The van der Waals surface area contributed by atoms with E-state index in [0.717, 1.165) is 48.0 Å². The minimum atomic E-state index is -0.267. The van der Waals surface area contributed by atoms with Gasteiger partial charge >= 0.3 is 0 Å². The molecule has 1 aromatic carbocycles. The molecule has 0 bridgehead atoms. The van der Waals surface area contributed by atoms with Crippen molar-refractivity contribution in [2.45, 2.75) is 19.3 Å². The summed E-state index contributed by atoms with van der Waals surface area (Å²) in [6.45, 7) is 2.94. The molecule has 1 saturated heterocycles. The number of halogens is 1. The van der Waals surface area contributed by atoms with E-state index in [1.807, 2.05) is 43.0 Å². The molecular weight excluding hydrogens is 381 g/mol. The number of imidazole rings is 1. The van der Waals surface area contributed by atoms with E-state index in [-0.39, 0.29) is 11.9 Å². The molecule has 1 aliphatic heterocycles. The minimum Gasteiger partial charge on any atom is -0.323 e. The number of pyridine rings is 1. The van der Waals surface area contributed by atoms with Crippen molar-refractivity contribution >= 4 is 0 Å². The van der Waals surface area contributed by atoms with E-state index in [1.165, 1.54) is 12.1 Å². The number of nitrogens with zero attached hydrogens (tertiary/aromatic N) is 6. The molecule has 8 heteroatoms. The average Bonchev–Trinajstić information content (AvgIpc) is 3.38. The van der Waals surface area contributed by atoms with Gasteiger partial charge in [0, 0.05) is 37.6 Å². The van der Waals surface area contributed by atoms with Gasteiger partial charge in [0.25, 0.3) is 0 Å². The van der Waals surface area contributed by atoms with Gasteiger partial charge in [0.05, 0.1) is 36.1 Å². The van der Waals surface area contributed by atoms with E-state index in [0.29, 0.717) is 6.67 Å². The second-order valence-electron chi connectivity index (χ2n) is 7.45. The van der Waals surface area contributed by atoms with E-state index in [1.54, 1.807) is 16.8 Å². The quantitative estimate of drug-likeness (QED) is 0.536. The molecule has 7 nitrogen and oxygen atoms in total. The van der Waals surface area contributed by atoms with Crippen molar-refractivity contribution in [3.63, 3.8) is 0 Å². The second kappa shape index (κ2) is 7.81. The standard InChI is InChI=1S/C22H22FN7/c23-17-6-4-16(5-7-17)21-22(20-8-10-29(14-24)27-20)30(15-26-21)19-12-28(13-19)11-18-3-1-2-9-25-18/h1-10,15,19H,11-14,24H2. The van der Waals surface area contributed by atoms with Gasteiger partial charge in [-0.2, -0.15) is 5.10 Å². The summed E-state index contributed by atoms with van der Waals surface area (Å²) in [6.07, 6.45) is 5.54. The van der Waals surface area contributed by atoms with Crippen LogP contribution in [0.3, 0.4) is 0 Å². The van der Waals surface area contributed by atoms with Gasteiger partial charge in [-0.25, -0.2) is 9.37 Å². The second-order valence-corrected chi connectivity index (χ2v) is 7.45. The highest BCUT2D eigenvalue weighted by molar-refractivity contribution is 5.76. The Morgan fingerprint density at radius 3 is 2.57 bits per heavy atom. The monoisotopic (exact) mass is 403 g/mol. The van der Waals surface area contributed by atoms with E-state index < -0.39 is 0 Å². The molecule has 152 valence electrons. The number of benzene rings is 1. The third-order valence-electron chi connectivity index (χ3n) is 5.42. The van der Waals surface area contributed by atoms with Crippen LogP contribution in [0.5, 0.6) is 0 Å². The summed E-state index contributed by atoms with van der Waals surface area (Å²) in [7, 11) is 0. The SMILES string of the molecule is NCn1ccc(-c2c(-c3ccc(F)cc3)ncn2C2CN(Cc3ccccn3)C2)n1. The Labute approximate surface area is 173 Å². The Hall–Kier alpha value is -3.36. The van der Waals surface area contributed by atoms with Gasteiger partial charge in [-0.1, -0.05) is 6.07 Å². The van der Waals surface area contributed by atoms with Crippen molar-refractivity contribution in [2.75, 3.05) is 13.1 Å². The third kappa shape index (κ3) is 3.51. The minimum absolute atomic E-state index is 0.267. The normalized spacial score (nSPS) is 14.7. The molecule has 0 radical (unpaired) electrons. The van der Waals surface area contributed by atoms with Crippen LogP contribution in [0.2, 0.25) is 0 Å². The Balaban J connectivity index is 1.44. The van der Waals surface area contributed by atoms with Gasteiger partial charge in [0.1, 0.15) is 11.5 Å². The highest BCUT2D eigenvalue weighted by atomic mass is 19.1. The lowest BCUT2D eigenvalue weighted by Crippen LogP contribution is -2.47. The summed E-state index contributed by atoms with van der Waals surface area (Å²) < 4.78 is 17.3. The zero-order valence-corrected chi connectivity index (χ0v) is 16.4. The highest BCUT2D eigenvalue weighted by Gasteiger charge is 2.31. The van der Waals surface area contributed by atoms with Crippen molar-refractivity contribution in [2.24, 2.45) is 5.73 Å². The molecule has 0 amide bonds. The fraction of sp³-hybridized carbons (Fsp3) is 0.227. The molecule has 0 atom stereocenters. The van der Waals surface area contributed by atoms with Gasteiger partial charge < -0.3 is 10.3 Å². The molecule has 4 aromatic rings. The number of nitrogens with two attached hydrogens (primary N) is 1. The van der Waals surface area contributed by atoms with Gasteiger partial charge in [-0.3, -0.25) is 14.6 Å². The first-order valence-corrected chi connectivity index (χ1v) is 9.90. The number of aromatic nitrogens is 5. The molecule has 2 N–H and O–H groups in total. The third-order valence-corrected chi connectivity index (χ3v) is 5.42. The molecule has 0 aliphatic carbocycles. The van der Waals surface area contributed by atoms with Gasteiger partial charge in [-0.05, 0) is 42.5 Å². The van der Waals surface area contributed by atoms with Crippen LogP contribution in [-0.4, -0.2) is 42.3 Å². The molecule has 0 saturated carbocycles. The van der Waals surface area contributed by atoms with Crippen LogP contribution in [0.25, 0.3) is 22.6 Å². The first-order valence-electron chi connectivity index (χ1n) is 9.90. The number of hydrogen-bond acceptors (Lipinski definition) is 5. The molecule has 30 heavy (non-hydrogen) atoms. The Kier molecular flexibility index (Phi) is 4.86. The summed E-state index contributed by atoms with van der Waals surface area (Å²) in [5, 5.41) is 4.60. The first-order chi connectivity index (χ1) is 14.7. The lowest BCUT2D eigenvalue weighted by molar-refractivity contribution is 0.0983. The fourth-order valence-corrected chi connectivity index (χ4v) is 3.87. The van der Waals surface area contributed by atoms with Crippen LogP contribution in [0.15, 0.2) is 67.3 Å². The van der Waals surface area contributed by atoms with Crippen LogP contribution in [0.1, 0.15) is 11.7 Å². The average molecular weight is 403 g/mol. The molecular formula is C22H22FN7. The summed E-state index contributed by atoms with van der Waals surface area (Å²) in [6, 6.07) is 14.6. The van der Waals surface area contributed by atoms with Crippen molar-refractivity contribution < 1.29 is 4.39 Å². The lowest BCUT2D eigenvalue weighted by Gasteiger charge is -2.40. The predicted octanol–water partition coefficient (Wildman–Crippen LogP) is 2.92. The molecule has 4 heterocycles. The molecule has 1 fully saturated rings. The van der Waals surface area contributed by atoms with Crippen molar-refractivity contribution in [1.82, 2.24) is 29.2 Å². The zero-order chi connectivity index (χ0) is 20.5. The highest BCUT2D eigenvalue weighted by Crippen LogP contribution is 2.35. The van der Waals surface area contributed by atoms with Crippen LogP contribution in [0, 0.1) is 5.82 Å². The number of hydrogen-bond donors (Lipinski definition) is 1.